The van der Waals surface area contributed by atoms with E-state index in [1.54, 1.807) is 42.8 Å². The van der Waals surface area contributed by atoms with E-state index in [1.165, 1.54) is 0 Å². The summed E-state index contributed by atoms with van der Waals surface area (Å²) in [4.78, 5) is 46.8. The molecule has 196 valence electrons. The third-order valence-electron chi connectivity index (χ3n) is 6.50. The van der Waals surface area contributed by atoms with E-state index >= 15 is 0 Å². The average molecular weight is 508 g/mol. The van der Waals surface area contributed by atoms with Crippen molar-refractivity contribution >= 4 is 46.1 Å². The first-order valence-electron chi connectivity index (χ1n) is 12.5. The summed E-state index contributed by atoms with van der Waals surface area (Å²) in [7, 11) is 3.51. The van der Waals surface area contributed by atoms with Crippen LogP contribution in [0.5, 0.6) is 0 Å². The molecule has 1 aromatic carbocycles. The lowest BCUT2D eigenvalue weighted by atomic mass is 10.2. The lowest BCUT2D eigenvalue weighted by Crippen LogP contribution is -2.25. The van der Waals surface area contributed by atoms with E-state index in [9.17, 15) is 14.4 Å². The zero-order valence-electron chi connectivity index (χ0n) is 21.2. The minimum absolute atomic E-state index is 0.0484. The van der Waals surface area contributed by atoms with Gasteiger partial charge in [-0.1, -0.05) is 12.8 Å². The quantitative estimate of drug-likeness (QED) is 0.185. The van der Waals surface area contributed by atoms with Crippen LogP contribution in [0.25, 0.3) is 11.0 Å². The van der Waals surface area contributed by atoms with Crippen molar-refractivity contribution in [1.82, 2.24) is 24.9 Å². The van der Waals surface area contributed by atoms with Crippen LogP contribution in [-0.4, -0.2) is 56.5 Å². The Bertz CT molecular complexity index is 1260. The normalized spacial score (nSPS) is 13.5. The molecule has 1 aliphatic rings. The summed E-state index contributed by atoms with van der Waals surface area (Å²) >= 11 is 0. The van der Waals surface area contributed by atoms with Gasteiger partial charge in [0.05, 0.1) is 0 Å². The minimum atomic E-state index is -0.458. The third kappa shape index (κ3) is 6.42. The predicted octanol–water partition coefficient (Wildman–Crippen LogP) is 4.00. The number of fused-ring (bicyclic) bond motifs is 1. The van der Waals surface area contributed by atoms with Crippen LogP contribution in [-0.2, 0) is 9.59 Å². The standard InChI is InChI=1S/C26H33N7O4/c1-32(2)25(36)21-15-17-16-27-26(30-24(17)33(21)20-7-3-4-8-20)29-19-13-11-18(12-14-19)28-22(34)9-5-6-10-23(35)31-37/h11-16,20,37H,3-10H2,1-2H3,(H,28,34)(H,31,35)(H,27,29,30). The van der Waals surface area contributed by atoms with Gasteiger partial charge in [-0.05, 0) is 56.0 Å². The SMILES string of the molecule is CN(C)C(=O)c1cc2cnc(Nc3ccc(NC(=O)CCCCC(=O)NO)cc3)nc2n1C1CCCC1. The van der Waals surface area contributed by atoms with Gasteiger partial charge in [0.15, 0.2) is 0 Å². The Morgan fingerprint density at radius 3 is 2.32 bits per heavy atom. The molecule has 4 rings (SSSR count). The van der Waals surface area contributed by atoms with Gasteiger partial charge in [-0.15, -0.1) is 0 Å². The molecule has 3 aromatic rings. The van der Waals surface area contributed by atoms with Crippen molar-refractivity contribution in [2.45, 2.75) is 57.4 Å². The highest BCUT2D eigenvalue weighted by molar-refractivity contribution is 5.98. The largest absolute Gasteiger partial charge is 0.343 e. The number of nitrogens with zero attached hydrogens (tertiary/aromatic N) is 4. The summed E-state index contributed by atoms with van der Waals surface area (Å²) in [5, 5.41) is 15.4. The van der Waals surface area contributed by atoms with E-state index in [2.05, 4.69) is 20.2 Å². The lowest BCUT2D eigenvalue weighted by Gasteiger charge is -2.19. The van der Waals surface area contributed by atoms with Crippen LogP contribution in [0.1, 0.15) is 67.9 Å². The predicted molar refractivity (Wildman–Crippen MR) is 140 cm³/mol. The van der Waals surface area contributed by atoms with Crippen molar-refractivity contribution in [2.24, 2.45) is 0 Å². The third-order valence-corrected chi connectivity index (χ3v) is 6.50. The summed E-state index contributed by atoms with van der Waals surface area (Å²) in [6, 6.07) is 9.34. The number of anilines is 3. The second-order valence-electron chi connectivity index (χ2n) is 9.50. The maximum atomic E-state index is 12.9. The van der Waals surface area contributed by atoms with Gasteiger partial charge in [0.2, 0.25) is 17.8 Å². The molecule has 11 nitrogen and oxygen atoms in total. The Kier molecular flexibility index (Phi) is 8.34. The van der Waals surface area contributed by atoms with E-state index in [-0.39, 0.29) is 30.7 Å². The van der Waals surface area contributed by atoms with Gasteiger partial charge in [0.25, 0.3) is 5.91 Å². The molecular weight excluding hydrogens is 474 g/mol. The first-order valence-corrected chi connectivity index (χ1v) is 12.5. The lowest BCUT2D eigenvalue weighted by molar-refractivity contribution is -0.129. The Hall–Kier alpha value is -3.99. The number of nitrogens with one attached hydrogen (secondary N) is 3. The van der Waals surface area contributed by atoms with Crippen molar-refractivity contribution in [3.63, 3.8) is 0 Å². The zero-order chi connectivity index (χ0) is 26.4. The van der Waals surface area contributed by atoms with E-state index in [4.69, 9.17) is 10.2 Å². The topological polar surface area (TPSA) is 141 Å². The summed E-state index contributed by atoms with van der Waals surface area (Å²) in [5.74, 6) is -0.222. The number of hydrogen-bond acceptors (Lipinski definition) is 7. The number of rotatable bonds is 10. The van der Waals surface area contributed by atoms with Crippen LogP contribution in [0, 0.1) is 0 Å². The molecule has 11 heteroatoms. The summed E-state index contributed by atoms with van der Waals surface area (Å²) < 4.78 is 2.08. The molecule has 0 radical (unpaired) electrons. The van der Waals surface area contributed by atoms with Gasteiger partial charge in [-0.3, -0.25) is 19.6 Å². The van der Waals surface area contributed by atoms with Crippen molar-refractivity contribution in [3.05, 3.63) is 42.2 Å². The van der Waals surface area contributed by atoms with Crippen molar-refractivity contribution in [3.8, 4) is 0 Å². The van der Waals surface area contributed by atoms with Crippen LogP contribution in [0.3, 0.4) is 0 Å². The van der Waals surface area contributed by atoms with Gasteiger partial charge < -0.3 is 20.1 Å². The Balaban J connectivity index is 1.43. The van der Waals surface area contributed by atoms with Crippen molar-refractivity contribution in [1.29, 1.82) is 0 Å². The fourth-order valence-corrected chi connectivity index (χ4v) is 4.61. The first-order chi connectivity index (χ1) is 17.9. The van der Waals surface area contributed by atoms with E-state index in [1.807, 2.05) is 18.2 Å². The Morgan fingerprint density at radius 2 is 1.68 bits per heavy atom. The van der Waals surface area contributed by atoms with Crippen LogP contribution in [0.4, 0.5) is 17.3 Å². The zero-order valence-corrected chi connectivity index (χ0v) is 21.2. The maximum absolute atomic E-state index is 12.9. The van der Waals surface area contributed by atoms with Crippen molar-refractivity contribution in [2.75, 3.05) is 24.7 Å². The number of unbranched alkanes of at least 4 members (excludes halogenated alkanes) is 1. The molecule has 1 fully saturated rings. The molecule has 0 atom stereocenters. The Labute approximate surface area is 215 Å². The average Bonchev–Trinajstić information content (AvgIpc) is 3.54. The first kappa shape index (κ1) is 26.1. The van der Waals surface area contributed by atoms with Gasteiger partial charge in [0, 0.05) is 55.9 Å². The molecule has 2 heterocycles. The number of benzene rings is 1. The molecule has 37 heavy (non-hydrogen) atoms. The van der Waals surface area contributed by atoms with Gasteiger partial charge in [-0.2, -0.15) is 4.98 Å². The number of carbonyl (C=O) groups excluding carboxylic acids is 3. The number of aromatic nitrogens is 3. The molecule has 0 saturated heterocycles. The van der Waals surface area contributed by atoms with Gasteiger partial charge in [-0.25, -0.2) is 10.5 Å². The Morgan fingerprint density at radius 1 is 1.03 bits per heavy atom. The van der Waals surface area contributed by atoms with E-state index < -0.39 is 5.91 Å². The number of hydrogen-bond donors (Lipinski definition) is 4. The van der Waals surface area contributed by atoms with Crippen molar-refractivity contribution < 1.29 is 19.6 Å². The molecule has 4 N–H and O–H groups in total. The molecule has 3 amide bonds. The fourth-order valence-electron chi connectivity index (χ4n) is 4.61. The van der Waals surface area contributed by atoms with Gasteiger partial charge in [0.1, 0.15) is 11.3 Å². The monoisotopic (exact) mass is 507 g/mol. The van der Waals surface area contributed by atoms with Crippen LogP contribution in [0.15, 0.2) is 36.5 Å². The summed E-state index contributed by atoms with van der Waals surface area (Å²) in [6.07, 6.45) is 7.58. The molecular formula is C26H33N7O4. The number of amides is 3. The fraction of sp³-hybridized carbons (Fsp3) is 0.423. The molecule has 2 aromatic heterocycles. The number of carbonyl (C=O) groups is 3. The van der Waals surface area contributed by atoms with E-state index in [0.29, 0.717) is 30.2 Å². The highest BCUT2D eigenvalue weighted by atomic mass is 16.5. The highest BCUT2D eigenvalue weighted by Crippen LogP contribution is 2.35. The molecule has 0 unspecified atom stereocenters. The van der Waals surface area contributed by atoms with Crippen LogP contribution >= 0.6 is 0 Å². The van der Waals surface area contributed by atoms with E-state index in [0.717, 1.165) is 42.4 Å². The molecule has 0 aliphatic heterocycles. The van der Waals surface area contributed by atoms with Crippen LogP contribution < -0.4 is 16.1 Å². The maximum Gasteiger partial charge on any atom is 0.270 e. The second kappa shape index (κ2) is 11.8. The molecule has 0 bridgehead atoms. The summed E-state index contributed by atoms with van der Waals surface area (Å²) in [6.45, 7) is 0. The second-order valence-corrected chi connectivity index (χ2v) is 9.50. The smallest absolute Gasteiger partial charge is 0.270 e. The number of hydroxylamine groups is 1. The van der Waals surface area contributed by atoms with Gasteiger partial charge >= 0.3 is 0 Å². The molecule has 0 spiro atoms. The molecule has 1 aliphatic carbocycles. The molecule has 1 saturated carbocycles. The van der Waals surface area contributed by atoms with Crippen LogP contribution in [0.2, 0.25) is 0 Å². The minimum Gasteiger partial charge on any atom is -0.343 e. The highest BCUT2D eigenvalue weighted by Gasteiger charge is 2.26. The summed E-state index contributed by atoms with van der Waals surface area (Å²) in [5.41, 5.74) is 4.37.